The number of anilines is 1. The molecule has 236 valence electrons. The number of aromatic carboxylic acids is 1. The fraction of sp³-hybridized carbons (Fsp3) is 0.154. The van der Waals surface area contributed by atoms with Gasteiger partial charge in [-0.25, -0.2) is 19.4 Å². The molecule has 1 fully saturated rings. The number of rotatable bonds is 7. The molecule has 1 saturated carbocycles. The lowest BCUT2D eigenvalue weighted by atomic mass is 9.94. The molecule has 2 N–H and O–H groups in total. The molecule has 9 heteroatoms. The van der Waals surface area contributed by atoms with Crippen LogP contribution >= 0.6 is 0 Å². The highest BCUT2D eigenvalue weighted by atomic mass is 16.4. The minimum absolute atomic E-state index is 0.0902. The lowest BCUT2D eigenvalue weighted by Gasteiger charge is -2.25. The number of pyridine rings is 1. The molecule has 9 nitrogen and oxygen atoms in total. The Labute approximate surface area is 276 Å². The third kappa shape index (κ3) is 5.39. The number of carboxylic acids is 1. The second-order valence-corrected chi connectivity index (χ2v) is 12.2. The molecule has 1 amide bonds. The number of nitrogens with one attached hydrogen (secondary N) is 1. The summed E-state index contributed by atoms with van der Waals surface area (Å²) in [5.74, 6) is -0.677. The van der Waals surface area contributed by atoms with E-state index < -0.39 is 11.9 Å². The lowest BCUT2D eigenvalue weighted by molar-refractivity contribution is 0.0698. The van der Waals surface area contributed by atoms with E-state index in [0.29, 0.717) is 22.8 Å². The fourth-order valence-corrected chi connectivity index (χ4v) is 6.76. The van der Waals surface area contributed by atoms with Crippen LogP contribution in [0.4, 0.5) is 5.82 Å². The van der Waals surface area contributed by atoms with Crippen LogP contribution in [0.15, 0.2) is 115 Å². The van der Waals surface area contributed by atoms with Crippen LogP contribution in [0.5, 0.6) is 0 Å². The zero-order valence-electron chi connectivity index (χ0n) is 26.1. The van der Waals surface area contributed by atoms with Gasteiger partial charge in [-0.05, 0) is 67.4 Å². The minimum atomic E-state index is -1.18. The van der Waals surface area contributed by atoms with Gasteiger partial charge in [-0.1, -0.05) is 73.9 Å². The monoisotopic (exact) mass is 632 g/mol. The molecule has 48 heavy (non-hydrogen) atoms. The Bertz CT molecular complexity index is 2300. The first-order valence-electron chi connectivity index (χ1n) is 16.2. The summed E-state index contributed by atoms with van der Waals surface area (Å²) >= 11 is 0. The first kappa shape index (κ1) is 29.3. The van der Waals surface area contributed by atoms with Crippen LogP contribution in [-0.4, -0.2) is 41.3 Å². The van der Waals surface area contributed by atoms with E-state index in [-0.39, 0.29) is 11.4 Å². The van der Waals surface area contributed by atoms with Crippen molar-refractivity contribution in [2.75, 3.05) is 5.32 Å². The van der Waals surface area contributed by atoms with E-state index in [1.807, 2.05) is 42.5 Å². The lowest BCUT2D eigenvalue weighted by Crippen LogP contribution is -2.17. The highest BCUT2D eigenvalue weighted by Gasteiger charge is 2.25. The molecule has 7 aromatic rings. The summed E-state index contributed by atoms with van der Waals surface area (Å²) in [7, 11) is 0. The Kier molecular flexibility index (Phi) is 7.49. The number of carbonyl (C=O) groups is 2. The van der Waals surface area contributed by atoms with Crippen LogP contribution < -0.4 is 5.32 Å². The molecule has 0 saturated heterocycles. The summed E-state index contributed by atoms with van der Waals surface area (Å²) in [6.07, 6.45) is 6.93. The van der Waals surface area contributed by atoms with Crippen molar-refractivity contribution in [3.63, 3.8) is 0 Å². The molecule has 1 aliphatic carbocycles. The highest BCUT2D eigenvalue weighted by Crippen LogP contribution is 2.37. The third-order valence-corrected chi connectivity index (χ3v) is 9.14. The van der Waals surface area contributed by atoms with Crippen LogP contribution in [0, 0.1) is 0 Å². The summed E-state index contributed by atoms with van der Waals surface area (Å²) < 4.78 is 3.77. The van der Waals surface area contributed by atoms with Gasteiger partial charge in [0.1, 0.15) is 11.4 Å². The van der Waals surface area contributed by atoms with E-state index >= 15 is 0 Å². The first-order chi connectivity index (χ1) is 23.5. The molecule has 0 radical (unpaired) electrons. The van der Waals surface area contributed by atoms with E-state index in [2.05, 4.69) is 57.4 Å². The average Bonchev–Trinajstić information content (AvgIpc) is 3.74. The summed E-state index contributed by atoms with van der Waals surface area (Å²) in [6.45, 7) is 0. The van der Waals surface area contributed by atoms with Crippen LogP contribution in [0.1, 0.15) is 58.9 Å². The van der Waals surface area contributed by atoms with Gasteiger partial charge in [0.05, 0.1) is 34.1 Å². The molecule has 0 aliphatic heterocycles. The summed E-state index contributed by atoms with van der Waals surface area (Å²) in [6, 6.07) is 35.5. The topological polar surface area (TPSA) is 115 Å². The number of hydrogen-bond acceptors (Lipinski definition) is 5. The van der Waals surface area contributed by atoms with Gasteiger partial charge >= 0.3 is 5.97 Å². The van der Waals surface area contributed by atoms with Crippen LogP contribution in [0.3, 0.4) is 0 Å². The van der Waals surface area contributed by atoms with E-state index in [9.17, 15) is 14.7 Å². The van der Waals surface area contributed by atoms with Crippen molar-refractivity contribution in [2.24, 2.45) is 0 Å². The normalized spacial score (nSPS) is 13.6. The summed E-state index contributed by atoms with van der Waals surface area (Å²) in [5.41, 5.74) is 6.48. The number of para-hydroxylation sites is 1. The van der Waals surface area contributed by atoms with Gasteiger partial charge in [0, 0.05) is 28.1 Å². The van der Waals surface area contributed by atoms with Gasteiger partial charge in [0.25, 0.3) is 5.91 Å². The van der Waals surface area contributed by atoms with Crippen molar-refractivity contribution in [3.05, 3.63) is 127 Å². The number of carboxylic acid groups (broad SMARTS) is 1. The molecule has 0 unspecified atom stereocenters. The number of aromatic nitrogens is 5. The number of fused-ring (bicyclic) bond motifs is 2. The molecule has 8 rings (SSSR count). The van der Waals surface area contributed by atoms with Crippen LogP contribution in [0.2, 0.25) is 0 Å². The molecule has 3 heterocycles. The molecule has 3 aromatic heterocycles. The van der Waals surface area contributed by atoms with Gasteiger partial charge in [0.15, 0.2) is 5.82 Å². The maximum absolute atomic E-state index is 13.7. The van der Waals surface area contributed by atoms with Crippen molar-refractivity contribution < 1.29 is 14.7 Å². The Morgan fingerprint density at radius 2 is 1.52 bits per heavy atom. The number of carbonyl (C=O) groups excluding carboxylic acids is 1. The fourth-order valence-electron chi connectivity index (χ4n) is 6.76. The standard InChI is InChI=1S/C39H32N6O3/c46-38(43-37-31(39(47)48)24-40-45(37)30-14-8-3-9-15-30)28-18-21-35-34(23-28)42-36(44(35)29-12-6-2-7-13-29)27-17-20-33-26(22-27)16-19-32(41-33)25-10-4-1-5-11-25/h1,3-5,8-11,14-24,29H,2,6-7,12-13H2,(H,43,46)(H,47,48). The zero-order valence-corrected chi connectivity index (χ0v) is 26.1. The van der Waals surface area contributed by atoms with Gasteiger partial charge in [-0.2, -0.15) is 5.10 Å². The molecule has 0 spiro atoms. The predicted octanol–water partition coefficient (Wildman–Crippen LogP) is 8.56. The van der Waals surface area contributed by atoms with Crippen molar-refractivity contribution >= 4 is 39.6 Å². The molecular weight excluding hydrogens is 600 g/mol. The summed E-state index contributed by atoms with van der Waals surface area (Å²) in [4.78, 5) is 35.8. The number of hydrogen-bond donors (Lipinski definition) is 2. The molecule has 0 bridgehead atoms. The average molecular weight is 633 g/mol. The van der Waals surface area contributed by atoms with Gasteiger partial charge < -0.3 is 15.0 Å². The Hall–Kier alpha value is -6.09. The van der Waals surface area contributed by atoms with E-state index in [1.165, 1.54) is 17.3 Å². The second-order valence-electron chi connectivity index (χ2n) is 12.2. The van der Waals surface area contributed by atoms with Crippen LogP contribution in [-0.2, 0) is 0 Å². The number of benzene rings is 4. The van der Waals surface area contributed by atoms with Crippen molar-refractivity contribution in [1.29, 1.82) is 0 Å². The van der Waals surface area contributed by atoms with Crippen molar-refractivity contribution in [2.45, 2.75) is 38.1 Å². The third-order valence-electron chi connectivity index (χ3n) is 9.14. The Morgan fingerprint density at radius 1 is 0.750 bits per heavy atom. The van der Waals surface area contributed by atoms with E-state index in [1.54, 1.807) is 24.3 Å². The number of amides is 1. The molecule has 1 aliphatic rings. The molecular formula is C39H32N6O3. The Morgan fingerprint density at radius 3 is 2.29 bits per heavy atom. The molecule has 0 atom stereocenters. The number of imidazole rings is 1. The highest BCUT2D eigenvalue weighted by molar-refractivity contribution is 6.08. The minimum Gasteiger partial charge on any atom is -0.477 e. The maximum Gasteiger partial charge on any atom is 0.341 e. The largest absolute Gasteiger partial charge is 0.477 e. The van der Waals surface area contributed by atoms with Gasteiger partial charge in [-0.3, -0.25) is 4.79 Å². The predicted molar refractivity (Wildman–Crippen MR) is 187 cm³/mol. The first-order valence-corrected chi connectivity index (χ1v) is 16.2. The van der Waals surface area contributed by atoms with E-state index in [4.69, 9.17) is 9.97 Å². The zero-order chi connectivity index (χ0) is 32.6. The maximum atomic E-state index is 13.7. The van der Waals surface area contributed by atoms with E-state index in [0.717, 1.165) is 64.7 Å². The Balaban J connectivity index is 1.18. The van der Waals surface area contributed by atoms with Gasteiger partial charge in [-0.15, -0.1) is 0 Å². The smallest absolute Gasteiger partial charge is 0.341 e. The second kappa shape index (κ2) is 12.3. The summed E-state index contributed by atoms with van der Waals surface area (Å²) in [5, 5.41) is 17.9. The van der Waals surface area contributed by atoms with Gasteiger partial charge in [0.2, 0.25) is 0 Å². The quantitative estimate of drug-likeness (QED) is 0.182. The molecule has 4 aromatic carbocycles. The van der Waals surface area contributed by atoms with Crippen molar-refractivity contribution in [3.8, 4) is 28.3 Å². The van der Waals surface area contributed by atoms with Crippen LogP contribution in [0.25, 0.3) is 50.3 Å². The number of nitrogens with zero attached hydrogens (tertiary/aromatic N) is 5. The van der Waals surface area contributed by atoms with Crippen molar-refractivity contribution in [1.82, 2.24) is 24.3 Å². The SMILES string of the molecule is O=C(Nc1c(C(=O)O)cnn1-c1ccccc1)c1ccc2c(c1)nc(-c1ccc3nc(-c4ccccc4)ccc3c1)n2C1CCCCC1.